The van der Waals surface area contributed by atoms with Crippen molar-refractivity contribution in [2.24, 2.45) is 12.9 Å². The molecule has 0 radical (unpaired) electrons. The number of morpholine rings is 1. The third-order valence-electron chi connectivity index (χ3n) is 3.08. The number of ether oxygens (including phenoxy) is 1. The molecule has 1 aliphatic heterocycles. The molecule has 0 aliphatic carbocycles. The molecule has 1 aromatic heterocycles. The molecular weight excluding hydrogens is 242 g/mol. The van der Waals surface area contributed by atoms with Gasteiger partial charge in [0.1, 0.15) is 0 Å². The first-order chi connectivity index (χ1) is 8.13. The van der Waals surface area contributed by atoms with Crippen LogP contribution in [0.4, 0.5) is 0 Å². The van der Waals surface area contributed by atoms with Crippen LogP contribution in [-0.4, -0.2) is 47.5 Å². The molecule has 2 atom stereocenters. The highest BCUT2D eigenvalue weighted by molar-refractivity contribution is 6.31. The summed E-state index contributed by atoms with van der Waals surface area (Å²) in [4.78, 5) is 2.21. The van der Waals surface area contributed by atoms with Gasteiger partial charge in [0.15, 0.2) is 0 Å². The largest absolute Gasteiger partial charge is 0.373 e. The maximum Gasteiger partial charge on any atom is 0.0925 e. The zero-order valence-corrected chi connectivity index (χ0v) is 10.8. The summed E-state index contributed by atoms with van der Waals surface area (Å²) in [5, 5.41) is 4.72. The predicted octanol–water partition coefficient (Wildman–Crippen LogP) is -0.0915. The van der Waals surface area contributed by atoms with Crippen LogP contribution >= 0.6 is 11.6 Å². The predicted molar refractivity (Wildman–Crippen MR) is 65.5 cm³/mol. The molecule has 2 rings (SSSR count). The topological polar surface area (TPSA) is 68.3 Å². The molecule has 1 saturated heterocycles. The van der Waals surface area contributed by atoms with Gasteiger partial charge in [-0.3, -0.25) is 10.5 Å². The summed E-state index contributed by atoms with van der Waals surface area (Å²) < 4.78 is 7.48. The molecule has 0 spiro atoms. The summed E-state index contributed by atoms with van der Waals surface area (Å²) in [5.74, 6) is 5.63. The fraction of sp³-hybridized carbons (Fsp3) is 0.700. The van der Waals surface area contributed by atoms with Gasteiger partial charge in [-0.05, 0) is 7.05 Å². The van der Waals surface area contributed by atoms with Crippen LogP contribution in [0.25, 0.3) is 0 Å². The summed E-state index contributed by atoms with van der Waals surface area (Å²) in [6.45, 7) is 2.46. The lowest BCUT2D eigenvalue weighted by atomic mass is 10.1. The second-order valence-corrected chi connectivity index (χ2v) is 4.72. The number of nitrogens with zero attached hydrogens (tertiary/aromatic N) is 3. The van der Waals surface area contributed by atoms with Crippen LogP contribution < -0.4 is 11.3 Å². The Labute approximate surface area is 106 Å². The van der Waals surface area contributed by atoms with Crippen molar-refractivity contribution in [3.8, 4) is 0 Å². The molecule has 1 fully saturated rings. The fourth-order valence-corrected chi connectivity index (χ4v) is 2.43. The quantitative estimate of drug-likeness (QED) is 0.587. The van der Waals surface area contributed by atoms with Crippen molar-refractivity contribution in [1.82, 2.24) is 20.1 Å². The molecule has 96 valence electrons. The van der Waals surface area contributed by atoms with Gasteiger partial charge in [-0.1, -0.05) is 11.6 Å². The maximum atomic E-state index is 6.13. The average Bonchev–Trinajstić information content (AvgIpc) is 2.62. The van der Waals surface area contributed by atoms with Crippen LogP contribution in [0.2, 0.25) is 5.02 Å². The van der Waals surface area contributed by atoms with E-state index in [1.54, 1.807) is 10.9 Å². The smallest absolute Gasteiger partial charge is 0.0925 e. The maximum absolute atomic E-state index is 6.13. The van der Waals surface area contributed by atoms with E-state index in [1.165, 1.54) is 0 Å². The van der Waals surface area contributed by atoms with Gasteiger partial charge in [0.05, 0.1) is 35.7 Å². The zero-order chi connectivity index (χ0) is 12.4. The summed E-state index contributed by atoms with van der Waals surface area (Å²) in [5.41, 5.74) is 3.64. The Morgan fingerprint density at radius 1 is 1.65 bits per heavy atom. The van der Waals surface area contributed by atoms with Crippen molar-refractivity contribution >= 4 is 11.6 Å². The number of halogens is 1. The molecule has 3 N–H and O–H groups in total. The normalized spacial score (nSPS) is 23.9. The van der Waals surface area contributed by atoms with Crippen LogP contribution in [0.1, 0.15) is 11.7 Å². The van der Waals surface area contributed by atoms with Crippen molar-refractivity contribution in [3.05, 3.63) is 16.9 Å². The Hall–Kier alpha value is -0.660. The summed E-state index contributed by atoms with van der Waals surface area (Å²) in [7, 11) is 3.91. The number of hydrazine groups is 1. The van der Waals surface area contributed by atoms with Crippen molar-refractivity contribution in [2.75, 3.05) is 26.7 Å². The molecule has 0 bridgehead atoms. The van der Waals surface area contributed by atoms with Crippen molar-refractivity contribution < 1.29 is 4.74 Å². The Bertz CT molecular complexity index is 363. The minimum Gasteiger partial charge on any atom is -0.373 e. The van der Waals surface area contributed by atoms with E-state index in [-0.39, 0.29) is 12.1 Å². The number of nitrogens with two attached hydrogens (primary N) is 1. The average molecular weight is 260 g/mol. The third kappa shape index (κ3) is 2.61. The van der Waals surface area contributed by atoms with Gasteiger partial charge >= 0.3 is 0 Å². The van der Waals surface area contributed by atoms with Gasteiger partial charge in [-0.2, -0.15) is 5.10 Å². The van der Waals surface area contributed by atoms with Gasteiger partial charge in [-0.25, -0.2) is 5.43 Å². The molecular formula is C10H18ClN5O. The molecule has 1 aromatic rings. The van der Waals surface area contributed by atoms with E-state index in [1.807, 2.05) is 7.05 Å². The molecule has 0 aromatic carbocycles. The second-order valence-electron chi connectivity index (χ2n) is 4.32. The second kappa shape index (κ2) is 5.32. The van der Waals surface area contributed by atoms with E-state index >= 15 is 0 Å². The molecule has 6 nitrogen and oxygen atoms in total. The molecule has 0 saturated carbocycles. The van der Waals surface area contributed by atoms with Crippen LogP contribution in [0.3, 0.4) is 0 Å². The van der Waals surface area contributed by atoms with Gasteiger partial charge in [-0.15, -0.1) is 0 Å². The molecule has 2 heterocycles. The summed E-state index contributed by atoms with van der Waals surface area (Å²) in [6.07, 6.45) is 1.60. The number of rotatable bonds is 3. The number of aromatic nitrogens is 2. The van der Waals surface area contributed by atoms with Gasteiger partial charge < -0.3 is 9.64 Å². The van der Waals surface area contributed by atoms with Gasteiger partial charge in [0, 0.05) is 20.1 Å². The monoisotopic (exact) mass is 259 g/mol. The van der Waals surface area contributed by atoms with E-state index in [4.69, 9.17) is 22.2 Å². The van der Waals surface area contributed by atoms with Gasteiger partial charge in [0.25, 0.3) is 0 Å². The fourth-order valence-electron chi connectivity index (χ4n) is 2.15. The highest BCUT2D eigenvalue weighted by Crippen LogP contribution is 2.26. The Balaban J connectivity index is 2.21. The lowest BCUT2D eigenvalue weighted by molar-refractivity contribution is -0.0405. The minimum absolute atomic E-state index is 0.0216. The van der Waals surface area contributed by atoms with E-state index in [9.17, 15) is 0 Å². The molecule has 7 heteroatoms. The van der Waals surface area contributed by atoms with Crippen LogP contribution in [0.5, 0.6) is 0 Å². The molecule has 17 heavy (non-hydrogen) atoms. The first kappa shape index (κ1) is 12.8. The van der Waals surface area contributed by atoms with Crippen molar-refractivity contribution in [3.63, 3.8) is 0 Å². The Kier molecular flexibility index (Phi) is 4.01. The van der Waals surface area contributed by atoms with Crippen molar-refractivity contribution in [1.29, 1.82) is 0 Å². The number of aryl methyl sites for hydroxylation is 1. The highest BCUT2D eigenvalue weighted by Gasteiger charge is 2.30. The summed E-state index contributed by atoms with van der Waals surface area (Å²) >= 11 is 6.13. The van der Waals surface area contributed by atoms with E-state index < -0.39 is 0 Å². The van der Waals surface area contributed by atoms with E-state index in [0.29, 0.717) is 11.6 Å². The number of hydrogen-bond donors (Lipinski definition) is 2. The van der Waals surface area contributed by atoms with Gasteiger partial charge in [0.2, 0.25) is 0 Å². The Morgan fingerprint density at radius 3 is 2.94 bits per heavy atom. The molecule has 0 amide bonds. The highest BCUT2D eigenvalue weighted by atomic mass is 35.5. The van der Waals surface area contributed by atoms with E-state index in [0.717, 1.165) is 18.8 Å². The minimum atomic E-state index is -0.155. The number of nitrogens with one attached hydrogen (secondary N) is 1. The Morgan fingerprint density at radius 2 is 2.41 bits per heavy atom. The van der Waals surface area contributed by atoms with Crippen LogP contribution in [0.15, 0.2) is 6.20 Å². The van der Waals surface area contributed by atoms with Crippen molar-refractivity contribution in [2.45, 2.75) is 12.1 Å². The first-order valence-corrected chi connectivity index (χ1v) is 5.95. The van der Waals surface area contributed by atoms with Crippen LogP contribution in [0, 0.1) is 0 Å². The summed E-state index contributed by atoms with van der Waals surface area (Å²) in [6, 6.07) is -0.155. The standard InChI is InChI=1S/C10H18ClN5O/c1-15-3-4-17-8(6-15)9(14-12)10-7(11)5-13-16(10)2/h5,8-9,14H,3-4,6,12H2,1-2H3. The first-order valence-electron chi connectivity index (χ1n) is 5.57. The van der Waals surface area contributed by atoms with Crippen LogP contribution in [-0.2, 0) is 11.8 Å². The number of likely N-dealkylation sites (N-methyl/N-ethyl adjacent to an activating group) is 1. The lowest BCUT2D eigenvalue weighted by Gasteiger charge is -2.34. The lowest BCUT2D eigenvalue weighted by Crippen LogP contribution is -2.48. The third-order valence-corrected chi connectivity index (χ3v) is 3.37. The molecule has 1 aliphatic rings. The zero-order valence-electron chi connectivity index (χ0n) is 10.1. The number of hydrogen-bond acceptors (Lipinski definition) is 5. The molecule has 2 unspecified atom stereocenters. The van der Waals surface area contributed by atoms with E-state index in [2.05, 4.69) is 22.5 Å². The SMILES string of the molecule is CN1CCOC(C(NN)c2c(Cl)cnn2C)C1.